The van der Waals surface area contributed by atoms with E-state index in [4.69, 9.17) is 27.6 Å². The largest absolute Gasteiger partial charge is 0.466 e. The maximum absolute atomic E-state index is 12.3. The summed E-state index contributed by atoms with van der Waals surface area (Å²) in [5.74, 6) is 1.05. The van der Waals surface area contributed by atoms with Gasteiger partial charge in [0.25, 0.3) is 0 Å². The number of carbonyl (C=O) groups is 1. The fraction of sp³-hybridized carbons (Fsp3) is 0.154. The Morgan fingerprint density at radius 2 is 1.76 bits per heavy atom. The van der Waals surface area contributed by atoms with Crippen LogP contribution in [0.25, 0.3) is 0 Å². The van der Waals surface area contributed by atoms with Crippen molar-refractivity contribution in [3.8, 4) is 0 Å². The first-order valence-corrected chi connectivity index (χ1v) is 5.82. The Hall–Kier alpha value is -1.25. The molecule has 0 saturated heterocycles. The Morgan fingerprint density at radius 3 is 2.24 bits per heavy atom. The van der Waals surface area contributed by atoms with Crippen LogP contribution in [-0.2, 0) is 0 Å². The lowest BCUT2D eigenvalue weighted by molar-refractivity contribution is 0.103. The van der Waals surface area contributed by atoms with Crippen LogP contribution in [0.4, 0.5) is 0 Å². The van der Waals surface area contributed by atoms with Crippen LogP contribution in [0.5, 0.6) is 0 Å². The maximum Gasteiger partial charge on any atom is 0.199 e. The molecule has 0 bridgehead atoms. The monoisotopic (exact) mass is 268 g/mol. The van der Waals surface area contributed by atoms with Gasteiger partial charge in [-0.3, -0.25) is 4.79 Å². The number of halogens is 2. The SMILES string of the molecule is Cc1cc(C(=O)c2c(Cl)cccc2Cl)c(C)o1. The first kappa shape index (κ1) is 12.2. The molecular weight excluding hydrogens is 259 g/mol. The summed E-state index contributed by atoms with van der Waals surface area (Å²) in [5, 5.41) is 0.696. The van der Waals surface area contributed by atoms with Crippen LogP contribution in [0.1, 0.15) is 27.4 Å². The summed E-state index contributed by atoms with van der Waals surface area (Å²) in [7, 11) is 0. The zero-order chi connectivity index (χ0) is 12.6. The highest BCUT2D eigenvalue weighted by atomic mass is 35.5. The van der Waals surface area contributed by atoms with Crippen molar-refractivity contribution in [1.29, 1.82) is 0 Å². The third-order valence-electron chi connectivity index (χ3n) is 2.48. The van der Waals surface area contributed by atoms with Gasteiger partial charge in [0.1, 0.15) is 11.5 Å². The third kappa shape index (κ3) is 2.24. The zero-order valence-electron chi connectivity index (χ0n) is 9.38. The van der Waals surface area contributed by atoms with Gasteiger partial charge in [0.15, 0.2) is 5.78 Å². The van der Waals surface area contributed by atoms with E-state index in [1.165, 1.54) is 0 Å². The van der Waals surface area contributed by atoms with Gasteiger partial charge in [0, 0.05) is 0 Å². The molecule has 4 heteroatoms. The topological polar surface area (TPSA) is 30.2 Å². The van der Waals surface area contributed by atoms with E-state index in [9.17, 15) is 4.79 Å². The minimum absolute atomic E-state index is 0.213. The minimum atomic E-state index is -0.213. The zero-order valence-corrected chi connectivity index (χ0v) is 10.9. The van der Waals surface area contributed by atoms with E-state index in [-0.39, 0.29) is 5.78 Å². The van der Waals surface area contributed by atoms with Crippen molar-refractivity contribution in [1.82, 2.24) is 0 Å². The van der Waals surface area contributed by atoms with E-state index < -0.39 is 0 Å². The lowest BCUT2D eigenvalue weighted by Crippen LogP contribution is -2.03. The van der Waals surface area contributed by atoms with E-state index >= 15 is 0 Å². The van der Waals surface area contributed by atoms with Gasteiger partial charge < -0.3 is 4.42 Å². The molecule has 1 aromatic heterocycles. The van der Waals surface area contributed by atoms with Crippen LogP contribution in [0.15, 0.2) is 28.7 Å². The van der Waals surface area contributed by atoms with Gasteiger partial charge in [-0.25, -0.2) is 0 Å². The second-order valence-electron chi connectivity index (χ2n) is 3.75. The van der Waals surface area contributed by atoms with E-state index in [2.05, 4.69) is 0 Å². The molecule has 0 N–H and O–H groups in total. The van der Waals surface area contributed by atoms with Crippen LogP contribution in [0, 0.1) is 13.8 Å². The summed E-state index contributed by atoms with van der Waals surface area (Å²) in [5.41, 5.74) is 0.817. The van der Waals surface area contributed by atoms with Crippen molar-refractivity contribution in [3.05, 3.63) is 57.0 Å². The molecule has 0 spiro atoms. The van der Waals surface area contributed by atoms with Crippen molar-refractivity contribution < 1.29 is 9.21 Å². The van der Waals surface area contributed by atoms with Crippen LogP contribution in [0.2, 0.25) is 10.0 Å². The summed E-state index contributed by atoms with van der Waals surface area (Å²) in [4.78, 5) is 12.3. The summed E-state index contributed by atoms with van der Waals surface area (Å²) >= 11 is 12.0. The Balaban J connectivity index is 2.55. The molecule has 2 rings (SSSR count). The van der Waals surface area contributed by atoms with Crippen molar-refractivity contribution in [2.45, 2.75) is 13.8 Å². The fourth-order valence-corrected chi connectivity index (χ4v) is 2.27. The molecule has 2 aromatic rings. The number of benzene rings is 1. The number of aryl methyl sites for hydroxylation is 2. The summed E-state index contributed by atoms with van der Waals surface area (Å²) in [6, 6.07) is 6.68. The third-order valence-corrected chi connectivity index (χ3v) is 3.11. The highest BCUT2D eigenvalue weighted by molar-refractivity contribution is 6.41. The predicted molar refractivity (Wildman–Crippen MR) is 68.1 cm³/mol. The van der Waals surface area contributed by atoms with E-state index in [1.807, 2.05) is 0 Å². The number of rotatable bonds is 2. The van der Waals surface area contributed by atoms with Gasteiger partial charge in [-0.1, -0.05) is 29.3 Å². The van der Waals surface area contributed by atoms with Crippen molar-refractivity contribution in [2.24, 2.45) is 0 Å². The lowest BCUT2D eigenvalue weighted by atomic mass is 10.0. The van der Waals surface area contributed by atoms with Crippen molar-refractivity contribution >= 4 is 29.0 Å². The Morgan fingerprint density at radius 1 is 1.18 bits per heavy atom. The van der Waals surface area contributed by atoms with Gasteiger partial charge >= 0.3 is 0 Å². The number of hydrogen-bond donors (Lipinski definition) is 0. The smallest absolute Gasteiger partial charge is 0.199 e. The first-order valence-electron chi connectivity index (χ1n) is 5.06. The Labute approximate surface area is 109 Å². The number of hydrogen-bond acceptors (Lipinski definition) is 2. The van der Waals surface area contributed by atoms with E-state index in [1.54, 1.807) is 38.1 Å². The highest BCUT2D eigenvalue weighted by Gasteiger charge is 2.20. The number of carbonyl (C=O) groups excluding carboxylic acids is 1. The second-order valence-corrected chi connectivity index (χ2v) is 4.57. The molecule has 1 heterocycles. The molecule has 0 saturated carbocycles. The van der Waals surface area contributed by atoms with Crippen molar-refractivity contribution in [2.75, 3.05) is 0 Å². The molecule has 0 fully saturated rings. The van der Waals surface area contributed by atoms with Gasteiger partial charge in [0.2, 0.25) is 0 Å². The Bertz CT molecular complexity index is 565. The van der Waals surface area contributed by atoms with Crippen LogP contribution in [0.3, 0.4) is 0 Å². The normalized spacial score (nSPS) is 10.6. The summed E-state index contributed by atoms with van der Waals surface area (Å²) in [6.07, 6.45) is 0. The second kappa shape index (κ2) is 4.55. The highest BCUT2D eigenvalue weighted by Crippen LogP contribution is 2.28. The molecule has 2 nitrogen and oxygen atoms in total. The summed E-state index contributed by atoms with van der Waals surface area (Å²) in [6.45, 7) is 3.53. The molecular formula is C13H10Cl2O2. The van der Waals surface area contributed by atoms with Gasteiger partial charge in [-0.15, -0.1) is 0 Å². The van der Waals surface area contributed by atoms with Gasteiger partial charge in [-0.05, 0) is 32.0 Å². The minimum Gasteiger partial charge on any atom is -0.466 e. The van der Waals surface area contributed by atoms with Gasteiger partial charge in [-0.2, -0.15) is 0 Å². The van der Waals surface area contributed by atoms with Crippen molar-refractivity contribution in [3.63, 3.8) is 0 Å². The molecule has 0 aliphatic carbocycles. The average Bonchev–Trinajstić information content (AvgIpc) is 2.57. The Kier molecular flexibility index (Phi) is 3.27. The van der Waals surface area contributed by atoms with Crippen LogP contribution >= 0.6 is 23.2 Å². The molecule has 0 aliphatic rings. The summed E-state index contributed by atoms with van der Waals surface area (Å²) < 4.78 is 5.33. The van der Waals surface area contributed by atoms with Crippen LogP contribution in [-0.4, -0.2) is 5.78 Å². The van der Waals surface area contributed by atoms with E-state index in [0.29, 0.717) is 32.7 Å². The molecule has 0 amide bonds. The molecule has 88 valence electrons. The maximum atomic E-state index is 12.3. The molecule has 17 heavy (non-hydrogen) atoms. The number of ketones is 1. The standard InChI is InChI=1S/C13H10Cl2O2/c1-7-6-9(8(2)17-7)13(16)12-10(14)4-3-5-11(12)15/h3-6H,1-2H3. The van der Waals surface area contributed by atoms with Crippen LogP contribution < -0.4 is 0 Å². The first-order chi connectivity index (χ1) is 8.00. The molecule has 0 unspecified atom stereocenters. The lowest BCUT2D eigenvalue weighted by Gasteiger charge is -2.04. The molecule has 0 radical (unpaired) electrons. The van der Waals surface area contributed by atoms with E-state index in [0.717, 1.165) is 0 Å². The molecule has 0 atom stereocenters. The molecule has 1 aromatic carbocycles. The number of furan rings is 1. The van der Waals surface area contributed by atoms with Gasteiger partial charge in [0.05, 0.1) is 21.2 Å². The predicted octanol–water partition coefficient (Wildman–Crippen LogP) is 4.43. The average molecular weight is 269 g/mol. The molecule has 0 aliphatic heterocycles. The fourth-order valence-electron chi connectivity index (χ4n) is 1.71. The quantitative estimate of drug-likeness (QED) is 0.755.